The molecule has 0 bridgehead atoms. The largest absolute Gasteiger partial charge is 0.369 e. The molecule has 2 fully saturated rings. The highest BCUT2D eigenvalue weighted by atomic mass is 19.1. The first-order chi connectivity index (χ1) is 11.1. The Morgan fingerprint density at radius 1 is 1.22 bits per heavy atom. The molecule has 2 aliphatic rings. The molecule has 6 nitrogen and oxygen atoms in total. The van der Waals surface area contributed by atoms with E-state index in [0.29, 0.717) is 18.8 Å². The fourth-order valence-electron chi connectivity index (χ4n) is 3.36. The molecule has 0 N–H and O–H groups in total. The standard InChI is InChI=1S/C16H23FN4O2/c1-18-6-8-19(9-7-18)14-2-3-15(21(22)23)16(10-14)20-5-4-13(11-17)12-20/h2-3,10,13H,4-9,11-12H2,1H3/t13-/m1/s1. The molecule has 0 unspecified atom stereocenters. The monoisotopic (exact) mass is 322 g/mol. The molecule has 0 saturated carbocycles. The summed E-state index contributed by atoms with van der Waals surface area (Å²) in [6.07, 6.45) is 0.756. The Morgan fingerprint density at radius 2 is 1.96 bits per heavy atom. The van der Waals surface area contributed by atoms with E-state index < -0.39 is 0 Å². The molecule has 0 spiro atoms. The number of rotatable bonds is 4. The lowest BCUT2D eigenvalue weighted by Crippen LogP contribution is -2.44. The van der Waals surface area contributed by atoms with Crippen LogP contribution in [0, 0.1) is 16.0 Å². The topological polar surface area (TPSA) is 52.9 Å². The number of nitro benzene ring substituents is 1. The van der Waals surface area contributed by atoms with Gasteiger partial charge < -0.3 is 14.7 Å². The zero-order valence-corrected chi connectivity index (χ0v) is 13.4. The van der Waals surface area contributed by atoms with Crippen molar-refractivity contribution in [3.05, 3.63) is 28.3 Å². The highest BCUT2D eigenvalue weighted by Crippen LogP contribution is 2.35. The van der Waals surface area contributed by atoms with Gasteiger partial charge in [0, 0.05) is 56.9 Å². The maximum atomic E-state index is 12.9. The van der Waals surface area contributed by atoms with Gasteiger partial charge in [-0.05, 0) is 25.6 Å². The normalized spacial score (nSPS) is 22.6. The van der Waals surface area contributed by atoms with Gasteiger partial charge in [-0.1, -0.05) is 0 Å². The first-order valence-corrected chi connectivity index (χ1v) is 8.11. The van der Waals surface area contributed by atoms with E-state index in [1.165, 1.54) is 0 Å². The summed E-state index contributed by atoms with van der Waals surface area (Å²) in [4.78, 5) is 17.5. The lowest BCUT2D eigenvalue weighted by molar-refractivity contribution is -0.384. The van der Waals surface area contributed by atoms with Crippen molar-refractivity contribution in [3.8, 4) is 0 Å². The molecule has 0 amide bonds. The lowest BCUT2D eigenvalue weighted by Gasteiger charge is -2.34. The molecule has 2 saturated heterocycles. The Morgan fingerprint density at radius 3 is 2.57 bits per heavy atom. The molecule has 2 heterocycles. The van der Waals surface area contributed by atoms with E-state index in [4.69, 9.17) is 0 Å². The van der Waals surface area contributed by atoms with Crippen LogP contribution in [0.25, 0.3) is 0 Å². The summed E-state index contributed by atoms with van der Waals surface area (Å²) in [5.74, 6) is -0.0121. The van der Waals surface area contributed by atoms with Crippen LogP contribution in [-0.4, -0.2) is 62.8 Å². The van der Waals surface area contributed by atoms with Gasteiger partial charge in [-0.25, -0.2) is 0 Å². The Kier molecular flexibility index (Phi) is 4.66. The summed E-state index contributed by atoms with van der Waals surface area (Å²) in [7, 11) is 2.10. The van der Waals surface area contributed by atoms with Crippen LogP contribution in [0.5, 0.6) is 0 Å². The van der Waals surface area contributed by atoms with Gasteiger partial charge in [0.2, 0.25) is 0 Å². The summed E-state index contributed by atoms with van der Waals surface area (Å²) >= 11 is 0. The number of likely N-dealkylation sites (N-methyl/N-ethyl adjacent to an activating group) is 1. The van der Waals surface area contributed by atoms with Crippen LogP contribution in [0.2, 0.25) is 0 Å². The van der Waals surface area contributed by atoms with Gasteiger partial charge in [-0.15, -0.1) is 0 Å². The Balaban J connectivity index is 1.86. The summed E-state index contributed by atoms with van der Waals surface area (Å²) in [5.41, 5.74) is 1.76. The minimum atomic E-state index is -0.359. The third-order valence-corrected chi connectivity index (χ3v) is 4.87. The fraction of sp³-hybridized carbons (Fsp3) is 0.625. The van der Waals surface area contributed by atoms with E-state index in [-0.39, 0.29) is 23.2 Å². The minimum Gasteiger partial charge on any atom is -0.369 e. The van der Waals surface area contributed by atoms with Crippen LogP contribution in [0.3, 0.4) is 0 Å². The van der Waals surface area contributed by atoms with Crippen LogP contribution in [-0.2, 0) is 0 Å². The number of halogens is 1. The predicted octanol–water partition coefficient (Wildman–Crippen LogP) is 2.14. The second kappa shape index (κ2) is 6.70. The summed E-state index contributed by atoms with van der Waals surface area (Å²) in [6.45, 7) is 4.69. The number of benzene rings is 1. The maximum absolute atomic E-state index is 12.9. The molecule has 1 aromatic rings. The third kappa shape index (κ3) is 3.39. The van der Waals surface area contributed by atoms with Crippen LogP contribution in [0.1, 0.15) is 6.42 Å². The highest BCUT2D eigenvalue weighted by Gasteiger charge is 2.28. The third-order valence-electron chi connectivity index (χ3n) is 4.87. The van der Waals surface area contributed by atoms with E-state index in [1.807, 2.05) is 17.0 Å². The highest BCUT2D eigenvalue weighted by molar-refractivity contribution is 5.70. The molecule has 0 aliphatic carbocycles. The molecular weight excluding hydrogens is 299 g/mol. The van der Waals surface area contributed by atoms with Crippen molar-refractivity contribution in [3.63, 3.8) is 0 Å². The number of hydrogen-bond acceptors (Lipinski definition) is 5. The van der Waals surface area contributed by atoms with E-state index in [1.54, 1.807) is 6.07 Å². The number of anilines is 2. The predicted molar refractivity (Wildman–Crippen MR) is 89.1 cm³/mol. The van der Waals surface area contributed by atoms with Crippen LogP contribution < -0.4 is 9.80 Å². The molecule has 0 radical (unpaired) electrons. The molecular formula is C16H23FN4O2. The van der Waals surface area contributed by atoms with Crippen molar-refractivity contribution in [2.24, 2.45) is 5.92 Å². The Bertz CT molecular complexity index is 575. The van der Waals surface area contributed by atoms with Crippen molar-refractivity contribution >= 4 is 17.1 Å². The van der Waals surface area contributed by atoms with Gasteiger partial charge in [0.1, 0.15) is 5.69 Å². The van der Waals surface area contributed by atoms with Crippen molar-refractivity contribution < 1.29 is 9.31 Å². The molecule has 126 valence electrons. The van der Waals surface area contributed by atoms with Gasteiger partial charge in [0.25, 0.3) is 5.69 Å². The average molecular weight is 322 g/mol. The number of alkyl halides is 1. The zero-order chi connectivity index (χ0) is 16.4. The molecule has 1 atom stereocenters. The summed E-state index contributed by atoms with van der Waals surface area (Å²) in [6, 6.07) is 5.32. The minimum absolute atomic E-state index is 0.0121. The van der Waals surface area contributed by atoms with E-state index in [2.05, 4.69) is 16.8 Å². The molecule has 1 aromatic carbocycles. The molecule has 23 heavy (non-hydrogen) atoms. The number of hydrogen-bond donors (Lipinski definition) is 0. The molecule has 3 rings (SSSR count). The Hall–Kier alpha value is -1.89. The van der Waals surface area contributed by atoms with Crippen molar-refractivity contribution in [1.29, 1.82) is 0 Å². The average Bonchev–Trinajstić information content (AvgIpc) is 3.04. The van der Waals surface area contributed by atoms with Crippen LogP contribution >= 0.6 is 0 Å². The van der Waals surface area contributed by atoms with Gasteiger partial charge in [-0.2, -0.15) is 0 Å². The summed E-state index contributed by atoms with van der Waals surface area (Å²) in [5, 5.41) is 11.3. The second-order valence-electron chi connectivity index (χ2n) is 6.48. The lowest BCUT2D eigenvalue weighted by atomic mass is 10.1. The van der Waals surface area contributed by atoms with Crippen molar-refractivity contribution in [1.82, 2.24) is 4.90 Å². The molecule has 2 aliphatic heterocycles. The quantitative estimate of drug-likeness (QED) is 0.628. The SMILES string of the molecule is CN1CCN(c2ccc([N+](=O)[O-])c(N3CC[C@H](CF)C3)c2)CC1. The van der Waals surface area contributed by atoms with Crippen LogP contribution in [0.15, 0.2) is 18.2 Å². The van der Waals surface area contributed by atoms with Gasteiger partial charge >= 0.3 is 0 Å². The second-order valence-corrected chi connectivity index (χ2v) is 6.48. The van der Waals surface area contributed by atoms with Gasteiger partial charge in [0.05, 0.1) is 11.6 Å². The maximum Gasteiger partial charge on any atom is 0.292 e. The first kappa shape index (κ1) is 16.0. The number of nitrogens with zero attached hydrogens (tertiary/aromatic N) is 4. The first-order valence-electron chi connectivity index (χ1n) is 8.11. The van der Waals surface area contributed by atoms with Gasteiger partial charge in [-0.3, -0.25) is 14.5 Å². The van der Waals surface area contributed by atoms with Gasteiger partial charge in [0.15, 0.2) is 0 Å². The van der Waals surface area contributed by atoms with Crippen LogP contribution in [0.4, 0.5) is 21.5 Å². The van der Waals surface area contributed by atoms with Crippen molar-refractivity contribution in [2.75, 3.05) is 62.8 Å². The summed E-state index contributed by atoms with van der Waals surface area (Å²) < 4.78 is 12.9. The smallest absolute Gasteiger partial charge is 0.292 e. The fourth-order valence-corrected chi connectivity index (χ4v) is 3.36. The van der Waals surface area contributed by atoms with E-state index >= 15 is 0 Å². The number of piperazine rings is 1. The van der Waals surface area contributed by atoms with E-state index in [0.717, 1.165) is 38.3 Å². The Labute approximate surface area is 135 Å². The molecule has 7 heteroatoms. The zero-order valence-electron chi connectivity index (χ0n) is 13.4. The van der Waals surface area contributed by atoms with Crippen molar-refractivity contribution in [2.45, 2.75) is 6.42 Å². The number of nitro groups is 1. The van der Waals surface area contributed by atoms with E-state index in [9.17, 15) is 14.5 Å². The molecule has 0 aromatic heterocycles.